The van der Waals surface area contributed by atoms with E-state index in [2.05, 4.69) is 49.9 Å². The Bertz CT molecular complexity index is 1420. The van der Waals surface area contributed by atoms with Crippen LogP contribution in [0.4, 0.5) is 8.78 Å². The van der Waals surface area contributed by atoms with Gasteiger partial charge in [-0.1, -0.05) is 17.3 Å². The van der Waals surface area contributed by atoms with Gasteiger partial charge in [-0.25, -0.2) is 18.4 Å². The number of H-pyrrole nitrogens is 1. The fraction of sp³-hybridized carbons (Fsp3) is 0.292. The third-order valence-electron chi connectivity index (χ3n) is 6.27. The molecule has 1 aromatic carbocycles. The lowest BCUT2D eigenvalue weighted by atomic mass is 9.81. The van der Waals surface area contributed by atoms with Crippen molar-refractivity contribution in [2.75, 3.05) is 6.54 Å². The van der Waals surface area contributed by atoms with E-state index in [0.717, 1.165) is 39.1 Å². The number of imidazole rings is 1. The molecule has 0 atom stereocenters. The van der Waals surface area contributed by atoms with Crippen molar-refractivity contribution in [3.8, 4) is 5.69 Å². The van der Waals surface area contributed by atoms with Crippen molar-refractivity contribution < 1.29 is 8.78 Å². The highest BCUT2D eigenvalue weighted by Crippen LogP contribution is 2.41. The fourth-order valence-electron chi connectivity index (χ4n) is 4.61. The first kappa shape index (κ1) is 20.0. The SMILES string of the molecule is FC1(F)CC(CNCc2cc3ccc(Cc4cn(-c5cccn6cncc56)nn4)cc3[nH]2)C1. The van der Waals surface area contributed by atoms with Crippen LogP contribution < -0.4 is 5.32 Å². The number of hydrogen-bond acceptors (Lipinski definition) is 4. The van der Waals surface area contributed by atoms with Crippen LogP contribution in [0.25, 0.3) is 22.1 Å². The Kier molecular flexibility index (Phi) is 4.72. The van der Waals surface area contributed by atoms with Crippen molar-refractivity contribution in [3.63, 3.8) is 0 Å². The second kappa shape index (κ2) is 7.77. The maximum atomic E-state index is 13.0. The summed E-state index contributed by atoms with van der Waals surface area (Å²) in [5.41, 5.74) is 6.01. The number of fused-ring (bicyclic) bond motifs is 2. The van der Waals surface area contributed by atoms with Crippen LogP contribution in [-0.4, -0.2) is 41.8 Å². The Hall–Kier alpha value is -3.59. The number of hydrogen-bond donors (Lipinski definition) is 2. The molecular formula is C24H23F2N7. The van der Waals surface area contributed by atoms with Crippen LogP contribution in [0.1, 0.15) is 29.8 Å². The molecular weight excluding hydrogens is 424 g/mol. The van der Waals surface area contributed by atoms with Crippen LogP contribution in [0.15, 0.2) is 61.3 Å². The van der Waals surface area contributed by atoms with Crippen LogP contribution in [0.5, 0.6) is 0 Å². The Balaban J connectivity index is 1.13. The number of alkyl halides is 2. The summed E-state index contributed by atoms with van der Waals surface area (Å²) in [5.74, 6) is -2.38. The van der Waals surface area contributed by atoms with Gasteiger partial charge in [-0.05, 0) is 47.7 Å². The summed E-state index contributed by atoms with van der Waals surface area (Å²) in [6, 6.07) is 12.4. The maximum Gasteiger partial charge on any atom is 0.248 e. The molecule has 0 saturated heterocycles. The average Bonchev–Trinajstić information content (AvgIpc) is 3.51. The average molecular weight is 447 g/mol. The lowest BCUT2D eigenvalue weighted by molar-refractivity contribution is -0.109. The predicted molar refractivity (Wildman–Crippen MR) is 121 cm³/mol. The Morgan fingerprint density at radius 2 is 2.09 bits per heavy atom. The summed E-state index contributed by atoms with van der Waals surface area (Å²) in [7, 11) is 0. The van der Waals surface area contributed by atoms with Gasteiger partial charge in [0.25, 0.3) is 0 Å². The minimum atomic E-state index is -2.46. The number of halogens is 2. The molecule has 7 nitrogen and oxygen atoms in total. The van der Waals surface area contributed by atoms with Gasteiger partial charge in [0.1, 0.15) is 0 Å². The topological polar surface area (TPSA) is 75.8 Å². The molecule has 0 radical (unpaired) electrons. The molecule has 1 saturated carbocycles. The molecule has 4 heterocycles. The van der Waals surface area contributed by atoms with Gasteiger partial charge in [-0.3, -0.25) is 0 Å². The first-order valence-corrected chi connectivity index (χ1v) is 11.0. The summed E-state index contributed by atoms with van der Waals surface area (Å²) in [5, 5.41) is 13.1. The summed E-state index contributed by atoms with van der Waals surface area (Å²) in [6.45, 7) is 1.26. The molecule has 0 spiro atoms. The molecule has 1 aliphatic carbocycles. The second-order valence-corrected chi connectivity index (χ2v) is 8.89. The molecule has 168 valence electrons. The van der Waals surface area contributed by atoms with E-state index in [9.17, 15) is 8.78 Å². The van der Waals surface area contributed by atoms with Gasteiger partial charge in [-0.2, -0.15) is 0 Å². The summed E-state index contributed by atoms with van der Waals surface area (Å²) < 4.78 is 29.7. The zero-order valence-electron chi connectivity index (χ0n) is 17.9. The Morgan fingerprint density at radius 3 is 2.97 bits per heavy atom. The first-order chi connectivity index (χ1) is 16.0. The second-order valence-electron chi connectivity index (χ2n) is 8.89. The minimum absolute atomic E-state index is 0.00169. The number of aromatic amines is 1. The lowest BCUT2D eigenvalue weighted by Gasteiger charge is -2.34. The van der Waals surface area contributed by atoms with Crippen molar-refractivity contribution >= 4 is 16.4 Å². The zero-order valence-corrected chi connectivity index (χ0v) is 17.9. The van der Waals surface area contributed by atoms with Crippen LogP contribution >= 0.6 is 0 Å². The number of rotatable bonds is 7. The molecule has 1 aliphatic rings. The number of benzene rings is 1. The van der Waals surface area contributed by atoms with Crippen molar-refractivity contribution in [3.05, 3.63) is 78.3 Å². The molecule has 1 fully saturated rings. The monoisotopic (exact) mass is 447 g/mol. The highest BCUT2D eigenvalue weighted by molar-refractivity contribution is 5.81. The van der Waals surface area contributed by atoms with E-state index in [1.54, 1.807) is 11.0 Å². The quantitative estimate of drug-likeness (QED) is 0.394. The summed E-state index contributed by atoms with van der Waals surface area (Å²) in [4.78, 5) is 7.63. The Morgan fingerprint density at radius 1 is 1.18 bits per heavy atom. The van der Waals surface area contributed by atoms with Crippen molar-refractivity contribution in [2.24, 2.45) is 5.92 Å². The van der Waals surface area contributed by atoms with Gasteiger partial charge in [0.2, 0.25) is 5.92 Å². The third kappa shape index (κ3) is 4.00. The van der Waals surface area contributed by atoms with Crippen LogP contribution in [0.2, 0.25) is 0 Å². The third-order valence-corrected chi connectivity index (χ3v) is 6.27. The van der Waals surface area contributed by atoms with Gasteiger partial charge in [0.15, 0.2) is 0 Å². The van der Waals surface area contributed by atoms with Gasteiger partial charge in [-0.15, -0.1) is 5.10 Å². The molecule has 5 aromatic rings. The van der Waals surface area contributed by atoms with Gasteiger partial charge in [0, 0.05) is 43.2 Å². The van der Waals surface area contributed by atoms with E-state index >= 15 is 0 Å². The molecule has 9 heteroatoms. The summed E-state index contributed by atoms with van der Waals surface area (Å²) in [6.07, 6.45) is 8.13. The van der Waals surface area contributed by atoms with Crippen LogP contribution in [0, 0.1) is 5.92 Å². The molecule has 6 rings (SSSR count). The highest BCUT2D eigenvalue weighted by atomic mass is 19.3. The number of nitrogens with one attached hydrogen (secondary N) is 2. The molecule has 2 N–H and O–H groups in total. The van der Waals surface area contributed by atoms with Crippen molar-refractivity contribution in [1.29, 1.82) is 0 Å². The Labute approximate surface area is 188 Å². The molecule has 0 unspecified atom stereocenters. The number of aromatic nitrogens is 6. The maximum absolute atomic E-state index is 13.0. The largest absolute Gasteiger partial charge is 0.357 e. The van der Waals surface area contributed by atoms with E-state index in [4.69, 9.17) is 0 Å². The zero-order chi connectivity index (χ0) is 22.4. The van der Waals surface area contributed by atoms with Crippen LogP contribution in [-0.2, 0) is 13.0 Å². The van der Waals surface area contributed by atoms with Gasteiger partial charge >= 0.3 is 0 Å². The van der Waals surface area contributed by atoms with Crippen LogP contribution in [0.3, 0.4) is 0 Å². The normalized spacial score (nSPS) is 15.9. The molecule has 0 amide bonds. The fourth-order valence-corrected chi connectivity index (χ4v) is 4.61. The van der Waals surface area contributed by atoms with E-state index in [0.29, 0.717) is 19.5 Å². The van der Waals surface area contributed by atoms with Gasteiger partial charge < -0.3 is 14.7 Å². The van der Waals surface area contributed by atoms with E-state index in [1.165, 1.54) is 0 Å². The molecule has 0 aliphatic heterocycles. The van der Waals surface area contributed by atoms with E-state index in [1.807, 2.05) is 35.1 Å². The predicted octanol–water partition coefficient (Wildman–Crippen LogP) is 4.12. The highest BCUT2D eigenvalue weighted by Gasteiger charge is 2.44. The van der Waals surface area contributed by atoms with E-state index < -0.39 is 5.92 Å². The molecule has 33 heavy (non-hydrogen) atoms. The van der Waals surface area contributed by atoms with Crippen molar-refractivity contribution in [2.45, 2.75) is 31.7 Å². The molecule has 0 bridgehead atoms. The smallest absolute Gasteiger partial charge is 0.248 e. The van der Waals surface area contributed by atoms with E-state index in [-0.39, 0.29) is 18.8 Å². The number of nitrogens with zero attached hydrogens (tertiary/aromatic N) is 5. The summed E-state index contributed by atoms with van der Waals surface area (Å²) >= 11 is 0. The standard InChI is InChI=1S/C24H23F2N7/c25-24(26)9-17(10-24)11-27-12-19-8-18-4-3-16(7-21(18)29-19)6-20-14-33(31-30-20)22-2-1-5-32-15-28-13-23(22)32/h1-5,7-8,13-15,17,27,29H,6,9-12H2. The van der Waals surface area contributed by atoms with Gasteiger partial charge in [0.05, 0.1) is 35.6 Å². The number of pyridine rings is 1. The van der Waals surface area contributed by atoms with Crippen molar-refractivity contribution in [1.82, 2.24) is 34.7 Å². The minimum Gasteiger partial charge on any atom is -0.357 e. The molecule has 4 aromatic heterocycles. The lowest BCUT2D eigenvalue weighted by Crippen LogP contribution is -2.40. The first-order valence-electron chi connectivity index (χ1n) is 11.0.